The minimum Gasteiger partial charge on any atom is -0.492 e. The molecule has 0 fully saturated rings. The van der Waals surface area contributed by atoms with E-state index in [0.717, 1.165) is 4.47 Å². The molecule has 0 heterocycles. The fraction of sp³-hybridized carbons (Fsp3) is 0.467. The quantitative estimate of drug-likeness (QED) is 0.681. The second-order valence-electron chi connectivity index (χ2n) is 5.43. The molecule has 0 unspecified atom stereocenters. The Balaban J connectivity index is 2.72. The molecule has 0 spiro atoms. The summed E-state index contributed by atoms with van der Waals surface area (Å²) in [6.07, 6.45) is 0.334. The molecule has 1 rings (SSSR count). The van der Waals surface area contributed by atoms with Crippen LogP contribution in [0.3, 0.4) is 0 Å². The monoisotopic (exact) mass is 372 g/mol. The number of urea groups is 1. The summed E-state index contributed by atoms with van der Waals surface area (Å²) in [7, 11) is 0. The van der Waals surface area contributed by atoms with Crippen LogP contribution in [0, 0.1) is 0 Å². The number of ether oxygens (including phenoxy) is 1. The fourth-order valence-electron chi connectivity index (χ4n) is 1.82. The van der Waals surface area contributed by atoms with Gasteiger partial charge in [0, 0.05) is 16.4 Å². The van der Waals surface area contributed by atoms with E-state index >= 15 is 0 Å². The van der Waals surface area contributed by atoms with Crippen molar-refractivity contribution in [2.75, 3.05) is 11.9 Å². The van der Waals surface area contributed by atoms with Gasteiger partial charge in [0.2, 0.25) is 0 Å². The summed E-state index contributed by atoms with van der Waals surface area (Å²) >= 11 is 3.35. The lowest BCUT2D eigenvalue weighted by molar-refractivity contribution is -0.137. The molecular weight excluding hydrogens is 352 g/mol. The lowest BCUT2D eigenvalue weighted by Gasteiger charge is -2.26. The molecule has 1 aromatic carbocycles. The van der Waals surface area contributed by atoms with Crippen molar-refractivity contribution < 1.29 is 19.4 Å². The van der Waals surface area contributed by atoms with E-state index in [0.29, 0.717) is 24.5 Å². The van der Waals surface area contributed by atoms with Crippen molar-refractivity contribution in [2.24, 2.45) is 0 Å². The number of aliphatic carboxylic acids is 1. The number of amides is 2. The zero-order valence-corrected chi connectivity index (χ0v) is 14.5. The van der Waals surface area contributed by atoms with Crippen LogP contribution in [0.2, 0.25) is 0 Å². The van der Waals surface area contributed by atoms with E-state index in [1.807, 2.05) is 13.0 Å². The second-order valence-corrected chi connectivity index (χ2v) is 6.35. The molecular formula is C15H21BrN2O4. The molecule has 122 valence electrons. The van der Waals surface area contributed by atoms with Crippen LogP contribution in [-0.2, 0) is 4.79 Å². The molecule has 0 aliphatic rings. The molecule has 22 heavy (non-hydrogen) atoms. The van der Waals surface area contributed by atoms with Gasteiger partial charge in [-0.1, -0.05) is 15.9 Å². The lowest BCUT2D eigenvalue weighted by Crippen LogP contribution is -2.45. The molecule has 6 nitrogen and oxygen atoms in total. The molecule has 0 aliphatic carbocycles. The molecule has 2 amide bonds. The summed E-state index contributed by atoms with van der Waals surface area (Å²) in [5.41, 5.74) is -0.0805. The Hall–Kier alpha value is -1.76. The van der Waals surface area contributed by atoms with Gasteiger partial charge < -0.3 is 20.5 Å². The van der Waals surface area contributed by atoms with E-state index < -0.39 is 17.5 Å². The van der Waals surface area contributed by atoms with E-state index in [1.165, 1.54) is 0 Å². The van der Waals surface area contributed by atoms with Gasteiger partial charge >= 0.3 is 12.0 Å². The van der Waals surface area contributed by atoms with Crippen LogP contribution in [0.5, 0.6) is 5.75 Å². The molecule has 0 bridgehead atoms. The van der Waals surface area contributed by atoms with E-state index in [-0.39, 0.29) is 6.42 Å². The summed E-state index contributed by atoms with van der Waals surface area (Å²) < 4.78 is 6.28. The van der Waals surface area contributed by atoms with Gasteiger partial charge in [0.05, 0.1) is 12.3 Å². The standard InChI is InChI=1S/C15H21BrN2O4/c1-4-22-12-6-5-10(16)9-11(12)17-14(21)18-15(2,3)8-7-13(19)20/h5-6,9H,4,7-8H2,1-3H3,(H,19,20)(H2,17,18,21). The highest BCUT2D eigenvalue weighted by Crippen LogP contribution is 2.28. The normalized spacial score (nSPS) is 10.9. The molecule has 7 heteroatoms. The number of hydrogen-bond donors (Lipinski definition) is 3. The number of carboxylic acids is 1. The van der Waals surface area contributed by atoms with Gasteiger partial charge in [0.15, 0.2) is 0 Å². The predicted octanol–water partition coefficient (Wildman–Crippen LogP) is 3.61. The molecule has 3 N–H and O–H groups in total. The highest BCUT2D eigenvalue weighted by atomic mass is 79.9. The number of carbonyl (C=O) groups excluding carboxylic acids is 1. The van der Waals surface area contributed by atoms with Crippen LogP contribution in [0.25, 0.3) is 0 Å². The van der Waals surface area contributed by atoms with Crippen molar-refractivity contribution >= 4 is 33.6 Å². The Kier molecular flexibility index (Phi) is 6.67. The number of rotatable bonds is 7. The van der Waals surface area contributed by atoms with Crippen molar-refractivity contribution in [1.29, 1.82) is 0 Å². The highest BCUT2D eigenvalue weighted by molar-refractivity contribution is 9.10. The first-order chi connectivity index (χ1) is 10.2. The highest BCUT2D eigenvalue weighted by Gasteiger charge is 2.22. The van der Waals surface area contributed by atoms with Gasteiger partial charge in [0.25, 0.3) is 0 Å². The van der Waals surface area contributed by atoms with Crippen LogP contribution >= 0.6 is 15.9 Å². The van der Waals surface area contributed by atoms with Gasteiger partial charge in [-0.3, -0.25) is 4.79 Å². The molecule has 0 radical (unpaired) electrons. The Morgan fingerprint density at radius 3 is 2.64 bits per heavy atom. The van der Waals surface area contributed by atoms with E-state index in [1.54, 1.807) is 26.0 Å². The number of benzene rings is 1. The molecule has 0 aliphatic heterocycles. The van der Waals surface area contributed by atoms with Crippen LogP contribution in [0.4, 0.5) is 10.5 Å². The topological polar surface area (TPSA) is 87.7 Å². The minimum absolute atomic E-state index is 0.00559. The summed E-state index contributed by atoms with van der Waals surface area (Å²) in [4.78, 5) is 22.7. The predicted molar refractivity (Wildman–Crippen MR) is 88.4 cm³/mol. The van der Waals surface area contributed by atoms with Crippen molar-refractivity contribution in [3.8, 4) is 5.75 Å². The molecule has 0 saturated heterocycles. The minimum atomic E-state index is -0.888. The number of anilines is 1. The third-order valence-electron chi connectivity index (χ3n) is 2.91. The number of nitrogens with one attached hydrogen (secondary N) is 2. The number of carboxylic acid groups (broad SMARTS) is 1. The van der Waals surface area contributed by atoms with Crippen molar-refractivity contribution in [3.05, 3.63) is 22.7 Å². The summed E-state index contributed by atoms with van der Waals surface area (Å²) in [6, 6.07) is 4.92. The molecule has 0 saturated carbocycles. The Labute approximate surface area is 138 Å². The second kappa shape index (κ2) is 8.03. The Morgan fingerprint density at radius 2 is 2.05 bits per heavy atom. The van der Waals surface area contributed by atoms with Gasteiger partial charge in [0.1, 0.15) is 5.75 Å². The number of halogens is 1. The van der Waals surface area contributed by atoms with E-state index in [9.17, 15) is 9.59 Å². The van der Waals surface area contributed by atoms with Crippen molar-refractivity contribution in [1.82, 2.24) is 5.32 Å². The first kappa shape index (κ1) is 18.3. The Morgan fingerprint density at radius 1 is 1.36 bits per heavy atom. The number of carbonyl (C=O) groups is 2. The SMILES string of the molecule is CCOc1ccc(Br)cc1NC(=O)NC(C)(C)CCC(=O)O. The largest absolute Gasteiger partial charge is 0.492 e. The molecule has 0 atom stereocenters. The van der Waals surface area contributed by atoms with Gasteiger partial charge in [-0.15, -0.1) is 0 Å². The van der Waals surface area contributed by atoms with Crippen molar-refractivity contribution in [2.45, 2.75) is 39.2 Å². The maximum atomic E-state index is 12.1. The Bertz CT molecular complexity index is 546. The number of hydrogen-bond acceptors (Lipinski definition) is 3. The van der Waals surface area contributed by atoms with Gasteiger partial charge in [-0.25, -0.2) is 4.79 Å². The third-order valence-corrected chi connectivity index (χ3v) is 3.40. The fourth-order valence-corrected chi connectivity index (χ4v) is 2.19. The zero-order chi connectivity index (χ0) is 16.8. The molecule has 1 aromatic rings. The maximum Gasteiger partial charge on any atom is 0.319 e. The smallest absolute Gasteiger partial charge is 0.319 e. The maximum absolute atomic E-state index is 12.1. The van der Waals surface area contributed by atoms with Crippen LogP contribution < -0.4 is 15.4 Å². The average Bonchev–Trinajstić information content (AvgIpc) is 2.39. The van der Waals surface area contributed by atoms with Crippen LogP contribution in [-0.4, -0.2) is 29.3 Å². The van der Waals surface area contributed by atoms with Gasteiger partial charge in [-0.05, 0) is 45.4 Å². The zero-order valence-electron chi connectivity index (χ0n) is 12.9. The lowest BCUT2D eigenvalue weighted by atomic mass is 9.99. The third kappa shape index (κ3) is 6.34. The molecule has 0 aromatic heterocycles. The summed E-state index contributed by atoms with van der Waals surface area (Å²) in [5.74, 6) is -0.315. The van der Waals surface area contributed by atoms with Crippen molar-refractivity contribution in [3.63, 3.8) is 0 Å². The van der Waals surface area contributed by atoms with Crippen LogP contribution in [0.1, 0.15) is 33.6 Å². The van der Waals surface area contributed by atoms with Crippen LogP contribution in [0.15, 0.2) is 22.7 Å². The van der Waals surface area contributed by atoms with Gasteiger partial charge in [-0.2, -0.15) is 0 Å². The first-order valence-corrected chi connectivity index (χ1v) is 7.76. The average molecular weight is 373 g/mol. The van der Waals surface area contributed by atoms with E-state index in [4.69, 9.17) is 9.84 Å². The summed E-state index contributed by atoms with van der Waals surface area (Å²) in [5, 5.41) is 14.2. The summed E-state index contributed by atoms with van der Waals surface area (Å²) in [6.45, 7) is 5.91. The van der Waals surface area contributed by atoms with E-state index in [2.05, 4.69) is 26.6 Å². The first-order valence-electron chi connectivity index (χ1n) is 6.97.